The van der Waals surface area contributed by atoms with Gasteiger partial charge in [0.25, 0.3) is 0 Å². The Morgan fingerprint density at radius 2 is 0.872 bits per heavy atom. The first-order valence-corrected chi connectivity index (χ1v) is 17.3. The third-order valence-electron chi connectivity index (χ3n) is 9.50. The van der Waals surface area contributed by atoms with Crippen molar-refractivity contribution in [2.75, 3.05) is 74.0 Å². The van der Waals surface area contributed by atoms with Crippen LogP contribution in [0.15, 0.2) is 115 Å². The molecule has 0 atom stereocenters. The molecule has 242 valence electrons. The van der Waals surface area contributed by atoms with Crippen molar-refractivity contribution in [3.63, 3.8) is 0 Å². The molecule has 0 saturated carbocycles. The van der Waals surface area contributed by atoms with Crippen molar-refractivity contribution in [1.82, 2.24) is 0 Å². The standard InChI is InChI=1S/C43H50N4/c1-44(2)39-21-13-34(14-22-39)9-11-36(12-10-35-15-23-40(24-16-35)45(3)4)33-43(37-17-25-41(26-18-37)46-29-5-6-30-46)38-19-27-42(28-20-38)47-31-7-8-32-47/h9-28,33,36H,5-8,29-32H2,1-4H3. The van der Waals surface area contributed by atoms with E-state index < -0.39 is 0 Å². The maximum absolute atomic E-state index is 2.51. The minimum Gasteiger partial charge on any atom is -0.378 e. The van der Waals surface area contributed by atoms with E-state index in [0.29, 0.717) is 0 Å². The fourth-order valence-corrected chi connectivity index (χ4v) is 6.59. The van der Waals surface area contributed by atoms with Crippen molar-refractivity contribution in [2.24, 2.45) is 5.92 Å². The van der Waals surface area contributed by atoms with Crippen LogP contribution in [0.25, 0.3) is 17.7 Å². The second-order valence-corrected chi connectivity index (χ2v) is 13.3. The maximum atomic E-state index is 2.51. The zero-order chi connectivity index (χ0) is 32.6. The molecule has 2 fully saturated rings. The molecule has 2 saturated heterocycles. The molecule has 0 bridgehead atoms. The molecule has 2 aliphatic rings. The predicted molar refractivity (Wildman–Crippen MR) is 206 cm³/mol. The molecule has 0 unspecified atom stereocenters. The molecule has 0 spiro atoms. The van der Waals surface area contributed by atoms with Gasteiger partial charge in [0.1, 0.15) is 0 Å². The Morgan fingerprint density at radius 1 is 0.511 bits per heavy atom. The molecular weight excluding hydrogens is 573 g/mol. The summed E-state index contributed by atoms with van der Waals surface area (Å²) in [5.41, 5.74) is 11.2. The van der Waals surface area contributed by atoms with E-state index in [-0.39, 0.29) is 5.92 Å². The average molecular weight is 623 g/mol. The van der Waals surface area contributed by atoms with Gasteiger partial charge in [0.2, 0.25) is 0 Å². The molecule has 2 heterocycles. The number of benzene rings is 4. The second kappa shape index (κ2) is 15.3. The topological polar surface area (TPSA) is 13.0 Å². The molecule has 0 aliphatic carbocycles. The molecule has 6 rings (SSSR count). The molecule has 0 amide bonds. The Bertz CT molecular complexity index is 1530. The summed E-state index contributed by atoms with van der Waals surface area (Å²) in [6.45, 7) is 4.62. The molecule has 47 heavy (non-hydrogen) atoms. The van der Waals surface area contributed by atoms with Crippen molar-refractivity contribution >= 4 is 40.5 Å². The number of rotatable bonds is 11. The summed E-state index contributed by atoms with van der Waals surface area (Å²) in [6.07, 6.45) is 16.7. The molecule has 4 aromatic carbocycles. The van der Waals surface area contributed by atoms with E-state index in [4.69, 9.17) is 0 Å². The van der Waals surface area contributed by atoms with E-state index in [0.717, 1.165) is 26.2 Å². The largest absolute Gasteiger partial charge is 0.378 e. The fourth-order valence-electron chi connectivity index (χ4n) is 6.59. The van der Waals surface area contributed by atoms with Crippen LogP contribution in [0.2, 0.25) is 0 Å². The lowest BCUT2D eigenvalue weighted by Gasteiger charge is -2.20. The zero-order valence-corrected chi connectivity index (χ0v) is 28.6. The Hall–Kier alpha value is -4.70. The fraction of sp³-hybridized carbons (Fsp3) is 0.302. The van der Waals surface area contributed by atoms with Crippen molar-refractivity contribution in [3.05, 3.63) is 138 Å². The number of allylic oxidation sites excluding steroid dienone is 3. The molecule has 0 radical (unpaired) electrons. The van der Waals surface area contributed by atoms with Crippen LogP contribution in [0.3, 0.4) is 0 Å². The highest BCUT2D eigenvalue weighted by Gasteiger charge is 2.15. The second-order valence-electron chi connectivity index (χ2n) is 13.3. The van der Waals surface area contributed by atoms with Gasteiger partial charge in [-0.15, -0.1) is 0 Å². The predicted octanol–water partition coefficient (Wildman–Crippen LogP) is 9.49. The summed E-state index contributed by atoms with van der Waals surface area (Å²) < 4.78 is 0. The van der Waals surface area contributed by atoms with Gasteiger partial charge in [0.15, 0.2) is 0 Å². The highest BCUT2D eigenvalue weighted by atomic mass is 15.1. The van der Waals surface area contributed by atoms with Crippen molar-refractivity contribution in [2.45, 2.75) is 25.7 Å². The van der Waals surface area contributed by atoms with Crippen molar-refractivity contribution in [1.29, 1.82) is 0 Å². The van der Waals surface area contributed by atoms with Crippen LogP contribution in [0.5, 0.6) is 0 Å². The van der Waals surface area contributed by atoms with Gasteiger partial charge >= 0.3 is 0 Å². The van der Waals surface area contributed by atoms with Crippen molar-refractivity contribution < 1.29 is 0 Å². The van der Waals surface area contributed by atoms with E-state index in [2.05, 4.69) is 175 Å². The summed E-state index contributed by atoms with van der Waals surface area (Å²) in [5.74, 6) is 0.0866. The molecule has 0 N–H and O–H groups in total. The molecule has 0 aromatic heterocycles. The maximum Gasteiger partial charge on any atom is 0.0366 e. The monoisotopic (exact) mass is 622 g/mol. The Kier molecular flexibility index (Phi) is 10.5. The van der Waals surface area contributed by atoms with Crippen LogP contribution in [0.1, 0.15) is 47.9 Å². The lowest BCUT2D eigenvalue weighted by atomic mass is 9.92. The van der Waals surface area contributed by atoms with Gasteiger partial charge in [0.05, 0.1) is 0 Å². The van der Waals surface area contributed by atoms with Crippen LogP contribution in [0, 0.1) is 5.92 Å². The van der Waals surface area contributed by atoms with Gasteiger partial charge in [-0.25, -0.2) is 0 Å². The third kappa shape index (κ3) is 8.37. The normalized spacial score (nSPS) is 15.5. The van der Waals surface area contributed by atoms with Gasteiger partial charge in [-0.2, -0.15) is 0 Å². The Labute approximate surface area is 282 Å². The van der Waals surface area contributed by atoms with E-state index in [1.807, 2.05) is 0 Å². The Balaban J connectivity index is 1.37. The van der Waals surface area contributed by atoms with Crippen LogP contribution >= 0.6 is 0 Å². The van der Waals surface area contributed by atoms with Crippen LogP contribution in [-0.2, 0) is 0 Å². The first-order valence-electron chi connectivity index (χ1n) is 17.3. The molecular formula is C43H50N4. The van der Waals surface area contributed by atoms with Crippen LogP contribution in [0.4, 0.5) is 22.7 Å². The Morgan fingerprint density at radius 3 is 1.21 bits per heavy atom. The number of hydrogen-bond donors (Lipinski definition) is 0. The van der Waals surface area contributed by atoms with Crippen LogP contribution < -0.4 is 19.6 Å². The molecule has 4 aromatic rings. The number of anilines is 4. The van der Waals surface area contributed by atoms with E-state index in [9.17, 15) is 0 Å². The lowest BCUT2D eigenvalue weighted by Crippen LogP contribution is -2.17. The minimum absolute atomic E-state index is 0.0866. The van der Waals surface area contributed by atoms with Crippen molar-refractivity contribution in [3.8, 4) is 0 Å². The SMILES string of the molecule is CN(C)c1ccc(C=CC(C=Cc2ccc(N(C)C)cc2)C=C(c2ccc(N3CCCC3)cc2)c2ccc(N3CCCC3)cc2)cc1. The van der Waals surface area contributed by atoms with Gasteiger partial charge in [0, 0.05) is 83.0 Å². The van der Waals surface area contributed by atoms with E-state index in [1.165, 1.54) is 76.3 Å². The highest BCUT2D eigenvalue weighted by Crippen LogP contribution is 2.31. The number of nitrogens with zero attached hydrogens (tertiary/aromatic N) is 4. The molecule has 2 aliphatic heterocycles. The first kappa shape index (κ1) is 32.2. The minimum atomic E-state index is 0.0866. The van der Waals surface area contributed by atoms with E-state index in [1.54, 1.807) is 0 Å². The number of hydrogen-bond acceptors (Lipinski definition) is 4. The summed E-state index contributed by atoms with van der Waals surface area (Å²) in [4.78, 5) is 9.30. The van der Waals surface area contributed by atoms with Gasteiger partial charge in [-0.1, -0.05) is 78.9 Å². The smallest absolute Gasteiger partial charge is 0.0366 e. The third-order valence-corrected chi connectivity index (χ3v) is 9.50. The quantitative estimate of drug-likeness (QED) is 0.165. The van der Waals surface area contributed by atoms with Gasteiger partial charge in [-0.05, 0) is 102 Å². The summed E-state index contributed by atoms with van der Waals surface area (Å²) in [7, 11) is 8.33. The summed E-state index contributed by atoms with van der Waals surface area (Å²) in [6, 6.07) is 36.0. The van der Waals surface area contributed by atoms with E-state index >= 15 is 0 Å². The van der Waals surface area contributed by atoms with Gasteiger partial charge < -0.3 is 19.6 Å². The molecule has 4 heteroatoms. The van der Waals surface area contributed by atoms with Crippen LogP contribution in [-0.4, -0.2) is 54.4 Å². The summed E-state index contributed by atoms with van der Waals surface area (Å²) >= 11 is 0. The average Bonchev–Trinajstić information content (AvgIpc) is 3.85. The lowest BCUT2D eigenvalue weighted by molar-refractivity contribution is 0.949. The highest BCUT2D eigenvalue weighted by molar-refractivity contribution is 5.82. The zero-order valence-electron chi connectivity index (χ0n) is 28.6. The summed E-state index contributed by atoms with van der Waals surface area (Å²) in [5, 5.41) is 0. The first-order chi connectivity index (χ1) is 22.9. The van der Waals surface area contributed by atoms with Gasteiger partial charge in [-0.3, -0.25) is 0 Å². The molecule has 4 nitrogen and oxygen atoms in total.